The standard InChI is InChI=1S/C27H26N4O3S/c1-19-6-2-3-7-22(19)26(33)31-16-14-30(15-17-31)21-12-10-20(11-13-21)28-25(32)18-35-27-29-23-8-4-5-9-24(23)34-27/h2-13H,14-18H2,1H3,(H,28,32). The van der Waals surface area contributed by atoms with Gasteiger partial charge in [0.1, 0.15) is 5.52 Å². The van der Waals surface area contributed by atoms with Crippen LogP contribution in [-0.4, -0.2) is 53.6 Å². The first-order chi connectivity index (χ1) is 17.1. The molecular weight excluding hydrogens is 460 g/mol. The van der Waals surface area contributed by atoms with Gasteiger partial charge in [-0.2, -0.15) is 0 Å². The van der Waals surface area contributed by atoms with E-state index >= 15 is 0 Å². The van der Waals surface area contributed by atoms with E-state index in [1.807, 2.05) is 84.6 Å². The summed E-state index contributed by atoms with van der Waals surface area (Å²) in [7, 11) is 0. The molecule has 1 fully saturated rings. The van der Waals surface area contributed by atoms with Gasteiger partial charge in [0.2, 0.25) is 5.91 Å². The molecule has 5 rings (SSSR count). The van der Waals surface area contributed by atoms with E-state index in [1.54, 1.807) is 0 Å². The average Bonchev–Trinajstić information content (AvgIpc) is 3.31. The Morgan fingerprint density at radius 1 is 0.943 bits per heavy atom. The Kier molecular flexibility index (Phi) is 6.72. The number of hydrogen-bond acceptors (Lipinski definition) is 6. The molecule has 1 aromatic heterocycles. The number of benzene rings is 3. The van der Waals surface area contributed by atoms with E-state index in [2.05, 4.69) is 15.2 Å². The summed E-state index contributed by atoms with van der Waals surface area (Å²) < 4.78 is 5.65. The topological polar surface area (TPSA) is 78.7 Å². The number of hydrogen-bond donors (Lipinski definition) is 1. The fourth-order valence-corrected chi connectivity index (χ4v) is 4.78. The van der Waals surface area contributed by atoms with Crippen molar-refractivity contribution in [1.82, 2.24) is 9.88 Å². The van der Waals surface area contributed by atoms with E-state index in [4.69, 9.17) is 4.42 Å². The van der Waals surface area contributed by atoms with Gasteiger partial charge in [-0.3, -0.25) is 9.59 Å². The van der Waals surface area contributed by atoms with E-state index in [1.165, 1.54) is 11.8 Å². The zero-order valence-corrected chi connectivity index (χ0v) is 20.3. The Morgan fingerprint density at radius 3 is 2.40 bits per heavy atom. The summed E-state index contributed by atoms with van der Waals surface area (Å²) in [5.41, 5.74) is 5.09. The summed E-state index contributed by atoms with van der Waals surface area (Å²) in [5.74, 6) is 0.190. The van der Waals surface area contributed by atoms with E-state index in [9.17, 15) is 9.59 Å². The van der Waals surface area contributed by atoms with Gasteiger partial charge >= 0.3 is 0 Å². The number of thioether (sulfide) groups is 1. The van der Waals surface area contributed by atoms with Crippen LogP contribution in [-0.2, 0) is 4.79 Å². The SMILES string of the molecule is Cc1ccccc1C(=O)N1CCN(c2ccc(NC(=O)CSc3nc4ccccc4o3)cc2)CC1. The molecule has 0 unspecified atom stereocenters. The lowest BCUT2D eigenvalue weighted by atomic mass is 10.1. The van der Waals surface area contributed by atoms with Crippen molar-refractivity contribution in [2.75, 3.05) is 42.1 Å². The van der Waals surface area contributed by atoms with E-state index in [-0.39, 0.29) is 17.6 Å². The lowest BCUT2D eigenvalue weighted by Gasteiger charge is -2.36. The van der Waals surface area contributed by atoms with Crippen molar-refractivity contribution < 1.29 is 14.0 Å². The van der Waals surface area contributed by atoms with Crippen LogP contribution in [0.4, 0.5) is 11.4 Å². The second-order valence-electron chi connectivity index (χ2n) is 8.43. The maximum Gasteiger partial charge on any atom is 0.257 e. The van der Waals surface area contributed by atoms with Gasteiger partial charge in [-0.1, -0.05) is 42.1 Å². The van der Waals surface area contributed by atoms with Crippen molar-refractivity contribution in [3.05, 3.63) is 83.9 Å². The molecule has 4 aromatic rings. The largest absolute Gasteiger partial charge is 0.431 e. The molecule has 1 aliphatic rings. The summed E-state index contributed by atoms with van der Waals surface area (Å²) in [6.07, 6.45) is 0. The monoisotopic (exact) mass is 486 g/mol. The van der Waals surface area contributed by atoms with Crippen molar-refractivity contribution in [2.45, 2.75) is 12.1 Å². The summed E-state index contributed by atoms with van der Waals surface area (Å²) in [4.78, 5) is 33.8. The minimum atomic E-state index is -0.117. The van der Waals surface area contributed by atoms with Crippen LogP contribution < -0.4 is 10.2 Å². The fourth-order valence-electron chi connectivity index (χ4n) is 4.14. The van der Waals surface area contributed by atoms with Crippen molar-refractivity contribution in [3.63, 3.8) is 0 Å². The molecule has 8 heteroatoms. The quantitative estimate of drug-likeness (QED) is 0.394. The highest BCUT2D eigenvalue weighted by Gasteiger charge is 2.23. The van der Waals surface area contributed by atoms with Crippen LogP contribution in [0.15, 0.2) is 82.4 Å². The number of carbonyl (C=O) groups excluding carboxylic acids is 2. The Labute approximate surface area is 208 Å². The van der Waals surface area contributed by atoms with Gasteiger partial charge < -0.3 is 19.5 Å². The number of para-hydroxylation sites is 2. The molecule has 0 bridgehead atoms. The van der Waals surface area contributed by atoms with E-state index in [0.29, 0.717) is 23.9 Å². The van der Waals surface area contributed by atoms with Crippen LogP contribution in [0.25, 0.3) is 11.1 Å². The van der Waals surface area contributed by atoms with Crippen LogP contribution in [0, 0.1) is 6.92 Å². The number of nitrogens with zero attached hydrogens (tertiary/aromatic N) is 3. The van der Waals surface area contributed by atoms with E-state index in [0.717, 1.165) is 41.1 Å². The van der Waals surface area contributed by atoms with Crippen LogP contribution in [0.1, 0.15) is 15.9 Å². The van der Waals surface area contributed by atoms with Crippen LogP contribution in [0.3, 0.4) is 0 Å². The molecule has 1 saturated heterocycles. The third kappa shape index (κ3) is 5.33. The molecule has 7 nitrogen and oxygen atoms in total. The second-order valence-corrected chi connectivity index (χ2v) is 9.35. The number of piperazine rings is 1. The van der Waals surface area contributed by atoms with Gasteiger partial charge in [-0.15, -0.1) is 0 Å². The number of carbonyl (C=O) groups is 2. The number of oxazole rings is 1. The first-order valence-corrected chi connectivity index (χ1v) is 12.5. The van der Waals surface area contributed by atoms with Crippen LogP contribution in [0.2, 0.25) is 0 Å². The first-order valence-electron chi connectivity index (χ1n) is 11.5. The minimum absolute atomic E-state index is 0.0940. The number of fused-ring (bicyclic) bond motifs is 1. The highest BCUT2D eigenvalue weighted by molar-refractivity contribution is 7.99. The molecule has 1 N–H and O–H groups in total. The third-order valence-corrected chi connectivity index (χ3v) is 6.89. The molecule has 0 radical (unpaired) electrons. The van der Waals surface area contributed by atoms with Crippen molar-refractivity contribution in [2.24, 2.45) is 0 Å². The maximum absolute atomic E-state index is 12.9. The highest BCUT2D eigenvalue weighted by Crippen LogP contribution is 2.24. The molecule has 2 heterocycles. The zero-order chi connectivity index (χ0) is 24.2. The molecule has 178 valence electrons. The number of nitrogens with one attached hydrogen (secondary N) is 1. The highest BCUT2D eigenvalue weighted by atomic mass is 32.2. The predicted molar refractivity (Wildman–Crippen MR) is 139 cm³/mol. The Balaban J connectivity index is 1.11. The van der Waals surface area contributed by atoms with Crippen LogP contribution >= 0.6 is 11.8 Å². The fraction of sp³-hybridized carbons (Fsp3) is 0.222. The minimum Gasteiger partial charge on any atom is -0.431 e. The van der Waals surface area contributed by atoms with Gasteiger partial charge in [0.05, 0.1) is 5.75 Å². The molecule has 3 aromatic carbocycles. The first kappa shape index (κ1) is 23.0. The summed E-state index contributed by atoms with van der Waals surface area (Å²) in [6, 6.07) is 23.1. The van der Waals surface area contributed by atoms with Gasteiger partial charge in [0, 0.05) is 43.1 Å². The molecule has 0 aliphatic carbocycles. The molecule has 35 heavy (non-hydrogen) atoms. The van der Waals surface area contributed by atoms with E-state index < -0.39 is 0 Å². The third-order valence-electron chi connectivity index (χ3n) is 6.06. The van der Waals surface area contributed by atoms with Crippen LogP contribution in [0.5, 0.6) is 0 Å². The Morgan fingerprint density at radius 2 is 1.66 bits per heavy atom. The van der Waals surface area contributed by atoms with Gasteiger partial charge in [-0.25, -0.2) is 4.98 Å². The molecule has 0 spiro atoms. The average molecular weight is 487 g/mol. The predicted octanol–water partition coefficient (Wildman–Crippen LogP) is 4.83. The smallest absolute Gasteiger partial charge is 0.257 e. The van der Waals surface area contributed by atoms with Crippen molar-refractivity contribution >= 4 is 46.1 Å². The Bertz CT molecular complexity index is 1310. The number of rotatable bonds is 6. The lowest BCUT2D eigenvalue weighted by molar-refractivity contribution is -0.113. The van der Waals surface area contributed by atoms with Gasteiger partial charge in [0.25, 0.3) is 11.1 Å². The maximum atomic E-state index is 12.9. The van der Waals surface area contributed by atoms with Gasteiger partial charge in [-0.05, 0) is 55.0 Å². The van der Waals surface area contributed by atoms with Gasteiger partial charge in [0.15, 0.2) is 5.58 Å². The molecule has 0 atom stereocenters. The van der Waals surface area contributed by atoms with Crippen molar-refractivity contribution in [1.29, 1.82) is 0 Å². The van der Waals surface area contributed by atoms with Crippen molar-refractivity contribution in [3.8, 4) is 0 Å². The number of aryl methyl sites for hydroxylation is 1. The summed E-state index contributed by atoms with van der Waals surface area (Å²) in [6.45, 7) is 4.87. The molecule has 0 saturated carbocycles. The number of anilines is 2. The molecular formula is C27H26N4O3S. The number of aromatic nitrogens is 1. The summed E-state index contributed by atoms with van der Waals surface area (Å²) in [5, 5.41) is 3.40. The summed E-state index contributed by atoms with van der Waals surface area (Å²) >= 11 is 1.27. The second kappa shape index (κ2) is 10.2. The molecule has 2 amide bonds. The molecule has 1 aliphatic heterocycles. The number of amides is 2. The lowest BCUT2D eigenvalue weighted by Crippen LogP contribution is -2.48. The zero-order valence-electron chi connectivity index (χ0n) is 19.4. The Hall–Kier alpha value is -3.78. The normalized spacial score (nSPS) is 13.7.